The van der Waals surface area contributed by atoms with Crippen molar-refractivity contribution >= 4 is 9.71 Å². The molecule has 0 unspecified atom stereocenters. The summed E-state index contributed by atoms with van der Waals surface area (Å²) in [6, 6.07) is 7.22. The molecule has 1 aromatic carbocycles. The number of ether oxygens (including phenoxy) is 1. The van der Waals surface area contributed by atoms with Crippen molar-refractivity contribution in [3.63, 3.8) is 0 Å². The molecule has 1 aromatic rings. The van der Waals surface area contributed by atoms with Gasteiger partial charge in [-0.1, -0.05) is 0 Å². The Balaban J connectivity index is 0. The molecular formula is C10H9NOUVWY-2. The van der Waals surface area contributed by atoms with Gasteiger partial charge < -0.3 is 0 Å². The van der Waals surface area contributed by atoms with Gasteiger partial charge in [-0.05, 0) is 0 Å². The van der Waals surface area contributed by atoms with E-state index in [-0.39, 0.29) is 82.4 Å². The molecule has 1 heterocycles. The Hall–Kier alpha value is 2.12. The molecule has 2 rings (SSSR count). The summed E-state index contributed by atoms with van der Waals surface area (Å²) >= 11 is 1.40. The van der Waals surface area contributed by atoms with Gasteiger partial charge in [0, 0.05) is 82.4 Å². The minimum atomic E-state index is 0. The van der Waals surface area contributed by atoms with Crippen molar-refractivity contribution in [3.05, 3.63) is 30.4 Å². The SMILES string of the molecule is Cc1c[c-]c2c(c1)O[CH-][C](=[W])N2C.[U].[V].[Y]. The zero-order valence-corrected chi connectivity index (χ0v) is 20.4. The topological polar surface area (TPSA) is 12.5 Å². The summed E-state index contributed by atoms with van der Waals surface area (Å²) < 4.78 is 6.65. The van der Waals surface area contributed by atoms with Crippen LogP contribution < -0.4 is 9.64 Å². The predicted molar refractivity (Wildman–Crippen MR) is 48.4 cm³/mol. The molecule has 1 aliphatic rings. The second-order valence-electron chi connectivity index (χ2n) is 3.02. The Morgan fingerprint density at radius 2 is 2.12 bits per heavy atom. The fourth-order valence-electron chi connectivity index (χ4n) is 1.23. The average molecular weight is 721 g/mol. The van der Waals surface area contributed by atoms with Gasteiger partial charge in [0.2, 0.25) is 0 Å². The fraction of sp³-hybridized carbons (Fsp3) is 0.200. The second kappa shape index (κ2) is 9.09. The number of hydrogen-bond acceptors (Lipinski definition) is 2. The molecule has 0 N–H and O–H groups in total. The number of benzene rings is 1. The van der Waals surface area contributed by atoms with E-state index in [9.17, 15) is 0 Å². The van der Waals surface area contributed by atoms with E-state index in [4.69, 9.17) is 4.74 Å². The largest absolute Gasteiger partial charge is 0 e. The maximum atomic E-state index is 5.47. The number of rotatable bonds is 0. The van der Waals surface area contributed by atoms with Gasteiger partial charge in [-0.15, -0.1) is 0 Å². The quantitative estimate of drug-likeness (QED) is 0.377. The minimum absolute atomic E-state index is 0. The van der Waals surface area contributed by atoms with Gasteiger partial charge in [0.1, 0.15) is 0 Å². The Bertz CT molecular complexity index is 378. The van der Waals surface area contributed by atoms with Crippen LogP contribution in [0.15, 0.2) is 12.1 Å². The third kappa shape index (κ3) is 4.66. The van der Waals surface area contributed by atoms with Crippen LogP contribution >= 0.6 is 0 Å². The van der Waals surface area contributed by atoms with Crippen LogP contribution in [0.4, 0.5) is 5.69 Å². The van der Waals surface area contributed by atoms with Crippen molar-refractivity contribution in [2.24, 2.45) is 0 Å². The van der Waals surface area contributed by atoms with Gasteiger partial charge in [-0.25, -0.2) is 0 Å². The van der Waals surface area contributed by atoms with Crippen LogP contribution in [0, 0.1) is 50.7 Å². The molecule has 0 bridgehead atoms. The van der Waals surface area contributed by atoms with Crippen molar-refractivity contribution in [3.8, 4) is 5.75 Å². The Morgan fingerprint density at radius 3 is 2.75 bits per heavy atom. The average Bonchev–Trinajstić information content (AvgIpc) is 2.12. The van der Waals surface area contributed by atoms with E-state index in [1.165, 1.54) is 28.9 Å². The van der Waals surface area contributed by atoms with Gasteiger partial charge in [-0.2, -0.15) is 0 Å². The standard InChI is InChI=1S/C10H9NO.U.V.W.Y/c1-8-3-4-9-10(7-8)12-6-5-11(9)2;;;;/h3,6-7H,1-2H3;;;;/q-2;;;;. The number of hydrogen-bond donors (Lipinski definition) is 0. The molecule has 2 nitrogen and oxygen atoms in total. The summed E-state index contributed by atoms with van der Waals surface area (Å²) in [5.41, 5.74) is 2.20. The third-order valence-electron chi connectivity index (χ3n) is 1.98. The van der Waals surface area contributed by atoms with Crippen LogP contribution in [0.3, 0.4) is 0 Å². The second-order valence-corrected chi connectivity index (χ2v) is 4.53. The van der Waals surface area contributed by atoms with Crippen LogP contribution in [-0.4, -0.2) is 11.1 Å². The number of anilines is 1. The van der Waals surface area contributed by atoms with Crippen molar-refractivity contribution in [1.29, 1.82) is 0 Å². The van der Waals surface area contributed by atoms with Crippen LogP contribution in [0.5, 0.6) is 5.75 Å². The summed E-state index contributed by atoms with van der Waals surface area (Å²) in [4.78, 5) is 2.10. The van der Waals surface area contributed by atoms with E-state index in [2.05, 4.69) is 11.0 Å². The first kappa shape index (κ1) is 20.4. The van der Waals surface area contributed by atoms with E-state index >= 15 is 0 Å². The molecule has 0 aliphatic carbocycles. The fourth-order valence-corrected chi connectivity index (χ4v) is 1.73. The number of fused-ring (bicyclic) bond motifs is 1. The van der Waals surface area contributed by atoms with Gasteiger partial charge in [-0.3, -0.25) is 0 Å². The minimum Gasteiger partial charge on any atom is 0 e. The molecule has 6 heteroatoms. The molecule has 80 valence electrons. The molecular weight excluding hydrogens is 712 g/mol. The van der Waals surface area contributed by atoms with Gasteiger partial charge in [0.05, 0.1) is 0 Å². The van der Waals surface area contributed by atoms with Crippen molar-refractivity contribution in [2.75, 3.05) is 11.9 Å². The van der Waals surface area contributed by atoms with E-state index in [1.54, 1.807) is 6.61 Å². The van der Waals surface area contributed by atoms with E-state index in [0.717, 1.165) is 11.4 Å². The zero-order chi connectivity index (χ0) is 9.42. The van der Waals surface area contributed by atoms with Crippen molar-refractivity contribution in [1.82, 2.24) is 0 Å². The molecule has 0 amide bonds. The zero-order valence-electron chi connectivity index (χ0n) is 9.02. The van der Waals surface area contributed by atoms with E-state index in [0.29, 0.717) is 0 Å². The normalized spacial score (nSPS) is 12.4. The summed E-state index contributed by atoms with van der Waals surface area (Å²) in [7, 11) is 2.03. The van der Waals surface area contributed by atoms with Gasteiger partial charge in [0.25, 0.3) is 0 Å². The Kier molecular flexibility index (Phi) is 11.6. The summed E-state index contributed by atoms with van der Waals surface area (Å²) in [6.45, 7) is 3.83. The van der Waals surface area contributed by atoms with Crippen LogP contribution in [0.2, 0.25) is 0 Å². The van der Waals surface area contributed by atoms with E-state index < -0.39 is 0 Å². The third-order valence-corrected chi connectivity index (χ3v) is 3.31. The first-order valence-corrected chi connectivity index (χ1v) is 5.45. The monoisotopic (exact) mass is 721 g/mol. The molecule has 16 heavy (non-hydrogen) atoms. The summed E-state index contributed by atoms with van der Waals surface area (Å²) in [5.74, 6) is 0.896. The summed E-state index contributed by atoms with van der Waals surface area (Å²) in [6.07, 6.45) is 0. The molecule has 1 aliphatic heterocycles. The number of nitrogens with zero attached hydrogens (tertiary/aromatic N) is 1. The maximum Gasteiger partial charge on any atom is 0 e. The summed E-state index contributed by atoms with van der Waals surface area (Å²) in [5, 5.41) is 0. The number of likely N-dealkylation sites (N-methyl/N-ethyl adjacent to an activating group) is 1. The number of aryl methyl sites for hydroxylation is 1. The van der Waals surface area contributed by atoms with Crippen molar-refractivity contribution < 1.29 is 106 Å². The predicted octanol–water partition coefficient (Wildman–Crippen LogP) is 1.46. The van der Waals surface area contributed by atoms with E-state index in [1.807, 2.05) is 26.1 Å². The van der Waals surface area contributed by atoms with Gasteiger partial charge in [0.15, 0.2) is 0 Å². The molecule has 0 fully saturated rings. The Labute approximate surface area is 168 Å². The first-order chi connectivity index (χ1) is 6.18. The first-order valence-electron chi connectivity index (χ1n) is 3.98. The van der Waals surface area contributed by atoms with Crippen molar-refractivity contribution in [2.45, 2.75) is 6.92 Å². The van der Waals surface area contributed by atoms with Crippen LogP contribution in [0.1, 0.15) is 5.56 Å². The molecule has 0 atom stereocenters. The Morgan fingerprint density at radius 1 is 1.50 bits per heavy atom. The van der Waals surface area contributed by atoms with Crippen LogP contribution in [0.25, 0.3) is 0 Å². The molecule has 0 saturated carbocycles. The van der Waals surface area contributed by atoms with Gasteiger partial charge >= 0.3 is 88.8 Å². The maximum absolute atomic E-state index is 5.47. The smallest absolute Gasteiger partial charge is 0 e. The molecule has 2 radical (unpaired) electrons. The molecule has 0 spiro atoms. The molecule has 0 aromatic heterocycles. The van der Waals surface area contributed by atoms with Crippen LogP contribution in [-0.2, 0) is 70.6 Å². The molecule has 0 saturated heterocycles.